The Kier molecular flexibility index (Phi) is 9.35. The van der Waals surface area contributed by atoms with E-state index in [0.717, 1.165) is 37.8 Å². The molecule has 6 nitrogen and oxygen atoms in total. The van der Waals surface area contributed by atoms with Crippen molar-refractivity contribution in [2.45, 2.75) is 45.1 Å². The Morgan fingerprint density at radius 1 is 1.41 bits per heavy atom. The van der Waals surface area contributed by atoms with Crippen LogP contribution in [0.3, 0.4) is 0 Å². The number of carbonyl (C=O) groups excluding carboxylic acids is 1. The summed E-state index contributed by atoms with van der Waals surface area (Å²) in [6.45, 7) is 8.59. The molecule has 1 fully saturated rings. The Morgan fingerprint density at radius 3 is 2.78 bits per heavy atom. The van der Waals surface area contributed by atoms with Crippen LogP contribution in [0.25, 0.3) is 0 Å². The molecule has 152 valence electrons. The number of aliphatic imine (C=N–C) groups is 1. The van der Waals surface area contributed by atoms with Gasteiger partial charge in [-0.25, -0.2) is 0 Å². The zero-order chi connectivity index (χ0) is 19.2. The number of amides is 1. The zero-order valence-corrected chi connectivity index (χ0v) is 19.4. The Hall–Kier alpha value is -1.51. The van der Waals surface area contributed by atoms with Crippen LogP contribution in [0, 0.1) is 0 Å². The van der Waals surface area contributed by atoms with Crippen molar-refractivity contribution in [1.82, 2.24) is 15.5 Å². The second-order valence-corrected chi connectivity index (χ2v) is 7.36. The molecule has 1 aromatic carbocycles. The predicted molar refractivity (Wildman–Crippen MR) is 121 cm³/mol. The normalized spacial score (nSPS) is 17.3. The molecule has 0 aromatic heterocycles. The molecule has 2 rings (SSSR count). The predicted octanol–water partition coefficient (Wildman–Crippen LogP) is 2.77. The molecule has 1 atom stereocenters. The first-order valence-corrected chi connectivity index (χ1v) is 9.29. The van der Waals surface area contributed by atoms with E-state index in [-0.39, 0.29) is 41.3 Å². The molecule has 27 heavy (non-hydrogen) atoms. The number of benzene rings is 1. The number of likely N-dealkylation sites (tertiary alicyclic amines) is 1. The van der Waals surface area contributed by atoms with E-state index >= 15 is 0 Å². The standard InChI is InChI=1S/C20H32N4O2.HI/c1-6-18(25)24-11-10-16(13-24)23-19(21-4)22-14-20(2,3)15-8-7-9-17(12-15)26-5;/h7-9,12,16H,6,10-11,13-14H2,1-5H3,(H2,21,22,23);1H. The first-order valence-electron chi connectivity index (χ1n) is 9.29. The molecule has 0 radical (unpaired) electrons. The van der Waals surface area contributed by atoms with E-state index in [4.69, 9.17) is 4.74 Å². The smallest absolute Gasteiger partial charge is 0.222 e. The molecule has 0 spiro atoms. The number of rotatable bonds is 6. The van der Waals surface area contributed by atoms with Crippen molar-refractivity contribution in [3.63, 3.8) is 0 Å². The maximum absolute atomic E-state index is 11.8. The molecule has 1 heterocycles. The molecular weight excluding hydrogens is 455 g/mol. The van der Waals surface area contributed by atoms with Gasteiger partial charge in [0.25, 0.3) is 0 Å². The van der Waals surface area contributed by atoms with Crippen LogP contribution in [0.5, 0.6) is 5.75 Å². The Bertz CT molecular complexity index is 649. The minimum Gasteiger partial charge on any atom is -0.497 e. The minimum absolute atomic E-state index is 0. The van der Waals surface area contributed by atoms with Crippen LogP contribution in [-0.2, 0) is 10.2 Å². The number of hydrogen-bond donors (Lipinski definition) is 2. The van der Waals surface area contributed by atoms with Crippen LogP contribution in [0.1, 0.15) is 39.2 Å². The number of ether oxygens (including phenoxy) is 1. The summed E-state index contributed by atoms with van der Waals surface area (Å²) in [5, 5.41) is 6.87. The highest BCUT2D eigenvalue weighted by Gasteiger charge is 2.27. The van der Waals surface area contributed by atoms with Crippen LogP contribution in [0.2, 0.25) is 0 Å². The highest BCUT2D eigenvalue weighted by atomic mass is 127. The molecule has 1 amide bonds. The lowest BCUT2D eigenvalue weighted by atomic mass is 9.84. The fourth-order valence-corrected chi connectivity index (χ4v) is 3.17. The van der Waals surface area contributed by atoms with Gasteiger partial charge in [-0.15, -0.1) is 24.0 Å². The summed E-state index contributed by atoms with van der Waals surface area (Å²) in [6, 6.07) is 8.41. The van der Waals surface area contributed by atoms with E-state index in [9.17, 15) is 4.79 Å². The Labute approximate surface area is 180 Å². The van der Waals surface area contributed by atoms with E-state index in [1.54, 1.807) is 14.2 Å². The zero-order valence-electron chi connectivity index (χ0n) is 17.0. The van der Waals surface area contributed by atoms with Crippen LogP contribution in [0.4, 0.5) is 0 Å². The van der Waals surface area contributed by atoms with Gasteiger partial charge in [-0.1, -0.05) is 32.9 Å². The van der Waals surface area contributed by atoms with E-state index in [1.807, 2.05) is 24.0 Å². The first kappa shape index (κ1) is 23.5. The summed E-state index contributed by atoms with van der Waals surface area (Å²) in [5.74, 6) is 1.86. The average molecular weight is 488 g/mol. The lowest BCUT2D eigenvalue weighted by molar-refractivity contribution is -0.129. The molecule has 1 aliphatic heterocycles. The van der Waals surface area contributed by atoms with Gasteiger partial charge in [0, 0.05) is 44.6 Å². The lowest BCUT2D eigenvalue weighted by Crippen LogP contribution is -2.48. The van der Waals surface area contributed by atoms with Crippen molar-refractivity contribution in [2.75, 3.05) is 33.8 Å². The number of methoxy groups -OCH3 is 1. The number of carbonyl (C=O) groups is 1. The van der Waals surface area contributed by atoms with E-state index in [0.29, 0.717) is 6.42 Å². The van der Waals surface area contributed by atoms with Gasteiger partial charge in [-0.2, -0.15) is 0 Å². The van der Waals surface area contributed by atoms with Crippen LogP contribution < -0.4 is 15.4 Å². The van der Waals surface area contributed by atoms with Crippen molar-refractivity contribution in [1.29, 1.82) is 0 Å². The quantitative estimate of drug-likeness (QED) is 0.367. The molecule has 1 aromatic rings. The summed E-state index contributed by atoms with van der Waals surface area (Å²) in [4.78, 5) is 18.1. The largest absolute Gasteiger partial charge is 0.497 e. The summed E-state index contributed by atoms with van der Waals surface area (Å²) in [5.41, 5.74) is 1.13. The van der Waals surface area contributed by atoms with Crippen molar-refractivity contribution in [2.24, 2.45) is 4.99 Å². The summed E-state index contributed by atoms with van der Waals surface area (Å²) < 4.78 is 5.34. The van der Waals surface area contributed by atoms with E-state index in [2.05, 4.69) is 41.6 Å². The van der Waals surface area contributed by atoms with E-state index < -0.39 is 0 Å². The molecular formula is C20H33IN4O2. The monoisotopic (exact) mass is 488 g/mol. The molecule has 0 aliphatic carbocycles. The third-order valence-electron chi connectivity index (χ3n) is 4.96. The minimum atomic E-state index is -0.0773. The molecule has 2 N–H and O–H groups in total. The molecule has 1 unspecified atom stereocenters. The third-order valence-corrected chi connectivity index (χ3v) is 4.96. The number of guanidine groups is 1. The maximum Gasteiger partial charge on any atom is 0.222 e. The fourth-order valence-electron chi connectivity index (χ4n) is 3.17. The topological polar surface area (TPSA) is 66.0 Å². The second kappa shape index (κ2) is 10.7. The van der Waals surface area contributed by atoms with Gasteiger partial charge < -0.3 is 20.3 Å². The molecule has 0 bridgehead atoms. The van der Waals surface area contributed by atoms with Crippen molar-refractivity contribution in [3.8, 4) is 5.75 Å². The van der Waals surface area contributed by atoms with Crippen LogP contribution in [-0.4, -0.2) is 56.6 Å². The number of hydrogen-bond acceptors (Lipinski definition) is 3. The number of nitrogens with one attached hydrogen (secondary N) is 2. The third kappa shape index (κ3) is 6.55. The van der Waals surface area contributed by atoms with Crippen molar-refractivity contribution >= 4 is 35.8 Å². The van der Waals surface area contributed by atoms with Gasteiger partial charge in [0.05, 0.1) is 7.11 Å². The highest BCUT2D eigenvalue weighted by Crippen LogP contribution is 2.25. The summed E-state index contributed by atoms with van der Waals surface area (Å²) in [6.07, 6.45) is 1.51. The number of halogens is 1. The first-order chi connectivity index (χ1) is 12.4. The van der Waals surface area contributed by atoms with Gasteiger partial charge in [-0.3, -0.25) is 9.79 Å². The lowest BCUT2D eigenvalue weighted by Gasteiger charge is -2.28. The molecule has 7 heteroatoms. The average Bonchev–Trinajstić information content (AvgIpc) is 3.13. The summed E-state index contributed by atoms with van der Waals surface area (Å²) >= 11 is 0. The van der Waals surface area contributed by atoms with Crippen molar-refractivity contribution in [3.05, 3.63) is 29.8 Å². The number of nitrogens with zero attached hydrogens (tertiary/aromatic N) is 2. The highest BCUT2D eigenvalue weighted by molar-refractivity contribution is 14.0. The van der Waals surface area contributed by atoms with Crippen molar-refractivity contribution < 1.29 is 9.53 Å². The Balaban J connectivity index is 0.00000364. The summed E-state index contributed by atoms with van der Waals surface area (Å²) in [7, 11) is 3.46. The van der Waals surface area contributed by atoms with E-state index in [1.165, 1.54) is 5.56 Å². The van der Waals surface area contributed by atoms with Crippen LogP contribution in [0.15, 0.2) is 29.3 Å². The maximum atomic E-state index is 11.8. The molecule has 1 saturated heterocycles. The second-order valence-electron chi connectivity index (χ2n) is 7.36. The van der Waals surface area contributed by atoms with Gasteiger partial charge in [-0.05, 0) is 24.1 Å². The van der Waals surface area contributed by atoms with Gasteiger partial charge in [0.15, 0.2) is 5.96 Å². The molecule has 0 saturated carbocycles. The van der Waals surface area contributed by atoms with Gasteiger partial charge >= 0.3 is 0 Å². The van der Waals surface area contributed by atoms with Gasteiger partial charge in [0.2, 0.25) is 5.91 Å². The molecule has 1 aliphatic rings. The van der Waals surface area contributed by atoms with Gasteiger partial charge in [0.1, 0.15) is 5.75 Å². The fraction of sp³-hybridized carbons (Fsp3) is 0.600. The van der Waals surface area contributed by atoms with Crippen LogP contribution >= 0.6 is 24.0 Å². The SMILES string of the molecule is CCC(=O)N1CCC(NC(=NC)NCC(C)(C)c2cccc(OC)c2)C1.I. The Morgan fingerprint density at radius 2 is 2.15 bits per heavy atom.